The van der Waals surface area contributed by atoms with Gasteiger partial charge in [-0.1, -0.05) is 76.2 Å². The number of carbonyl (C=O) groups excluding carboxylic acids is 4. The summed E-state index contributed by atoms with van der Waals surface area (Å²) in [4.78, 5) is 49.5. The molecule has 3 amide bonds. The second-order valence-corrected chi connectivity index (χ2v) is 11.2. The molecule has 1 aliphatic rings. The maximum Gasteiger partial charge on any atom is 0.408 e. The highest BCUT2D eigenvalue weighted by Crippen LogP contribution is 2.38. The van der Waals surface area contributed by atoms with Crippen molar-refractivity contribution in [2.45, 2.75) is 71.1 Å². The average Bonchev–Trinajstić information content (AvgIpc) is 3.34. The third kappa shape index (κ3) is 8.58. The molecule has 10 heteroatoms. The molecule has 1 aliphatic heterocycles. The molecule has 8 nitrogen and oxygen atoms in total. The lowest BCUT2D eigenvalue weighted by Crippen LogP contribution is -2.52. The highest BCUT2D eigenvalue weighted by molar-refractivity contribution is 5.88. The van der Waals surface area contributed by atoms with Crippen LogP contribution in [-0.4, -0.2) is 48.9 Å². The van der Waals surface area contributed by atoms with Gasteiger partial charge in [0, 0.05) is 18.0 Å². The number of aldehydes is 1. The third-order valence-corrected chi connectivity index (χ3v) is 7.06. The normalized spacial score (nSPS) is 17.5. The van der Waals surface area contributed by atoms with Crippen molar-refractivity contribution in [3.05, 3.63) is 60.2 Å². The number of nitrogens with one attached hydrogen (secondary N) is 3. The number of carbonyl (C=O) groups is 4. The van der Waals surface area contributed by atoms with Crippen LogP contribution < -0.4 is 16.0 Å². The minimum absolute atomic E-state index is 0.0515. The van der Waals surface area contributed by atoms with Crippen molar-refractivity contribution in [3.63, 3.8) is 0 Å². The number of amides is 3. The third-order valence-electron chi connectivity index (χ3n) is 7.06. The Balaban J connectivity index is 1.73. The van der Waals surface area contributed by atoms with E-state index in [4.69, 9.17) is 4.74 Å². The molecule has 2 aromatic carbocycles. The Hall–Kier alpha value is -3.82. The van der Waals surface area contributed by atoms with Gasteiger partial charge in [0.05, 0.1) is 6.04 Å². The van der Waals surface area contributed by atoms with Crippen LogP contribution in [0.25, 0.3) is 11.1 Å². The van der Waals surface area contributed by atoms with Crippen LogP contribution in [-0.2, 0) is 25.0 Å². The Bertz CT molecular complexity index is 1210. The Morgan fingerprint density at radius 2 is 1.73 bits per heavy atom. The lowest BCUT2D eigenvalue weighted by Gasteiger charge is -2.31. The quantitative estimate of drug-likeness (QED) is 0.299. The second kappa shape index (κ2) is 14.2. The number of hydrogen-bond donors (Lipinski definition) is 3. The molecule has 0 unspecified atom stereocenters. The van der Waals surface area contributed by atoms with Crippen molar-refractivity contribution >= 4 is 24.2 Å². The zero-order valence-corrected chi connectivity index (χ0v) is 23.9. The van der Waals surface area contributed by atoms with Gasteiger partial charge >= 0.3 is 12.0 Å². The minimum Gasteiger partial charge on any atom is -0.439 e. The topological polar surface area (TPSA) is 114 Å². The smallest absolute Gasteiger partial charge is 0.408 e. The summed E-state index contributed by atoms with van der Waals surface area (Å²) in [6, 6.07) is 13.0. The molecular weight excluding hydrogens is 532 g/mol. The first-order valence-corrected chi connectivity index (χ1v) is 14.0. The molecule has 3 rings (SSSR count). The summed E-state index contributed by atoms with van der Waals surface area (Å²) in [6.45, 7) is 7.22. The van der Waals surface area contributed by atoms with Crippen LogP contribution in [0.5, 0.6) is 0 Å². The van der Waals surface area contributed by atoms with Gasteiger partial charge < -0.3 is 25.5 Å². The molecule has 0 spiro atoms. The molecule has 0 bridgehead atoms. The molecule has 222 valence electrons. The van der Waals surface area contributed by atoms with Gasteiger partial charge in [0.25, 0.3) is 0 Å². The van der Waals surface area contributed by atoms with E-state index in [-0.39, 0.29) is 30.2 Å². The summed E-state index contributed by atoms with van der Waals surface area (Å²) in [6.07, 6.45) is -1.58. The van der Waals surface area contributed by atoms with E-state index >= 15 is 8.78 Å². The summed E-state index contributed by atoms with van der Waals surface area (Å²) in [5, 5.41) is 7.69. The molecule has 0 aliphatic carbocycles. The van der Waals surface area contributed by atoms with E-state index in [1.54, 1.807) is 6.07 Å². The van der Waals surface area contributed by atoms with Crippen molar-refractivity contribution in [3.8, 4) is 11.1 Å². The maximum absolute atomic E-state index is 15.8. The molecule has 3 N–H and O–H groups in total. The minimum atomic E-state index is -3.53. The van der Waals surface area contributed by atoms with Gasteiger partial charge in [-0.3, -0.25) is 9.59 Å². The predicted molar refractivity (Wildman–Crippen MR) is 151 cm³/mol. The maximum atomic E-state index is 15.8. The molecule has 2 aromatic rings. The van der Waals surface area contributed by atoms with Crippen molar-refractivity contribution in [1.29, 1.82) is 0 Å². The second-order valence-electron chi connectivity index (χ2n) is 11.2. The zero-order chi connectivity index (χ0) is 30.2. The van der Waals surface area contributed by atoms with Crippen molar-refractivity contribution < 1.29 is 32.7 Å². The van der Waals surface area contributed by atoms with E-state index in [9.17, 15) is 19.2 Å². The number of rotatable bonds is 13. The van der Waals surface area contributed by atoms with E-state index < -0.39 is 47.9 Å². The van der Waals surface area contributed by atoms with Crippen molar-refractivity contribution in [2.24, 2.45) is 17.8 Å². The fraction of sp³-hybridized carbons (Fsp3) is 0.484. The van der Waals surface area contributed by atoms with Gasteiger partial charge in [-0.05, 0) is 48.3 Å². The fourth-order valence-corrected chi connectivity index (χ4v) is 4.93. The average molecular weight is 572 g/mol. The SMILES string of the molecule is CC(C)C[C@H](NC(=O)O[C@@H](C(C)C)C(F)(F)c1cccc(-c2ccccc2)c1)C(=O)N[C@H](C=O)C[C@@H]1CCNC1=O. The fourth-order valence-electron chi connectivity index (χ4n) is 4.93. The van der Waals surface area contributed by atoms with E-state index in [0.29, 0.717) is 24.8 Å². The summed E-state index contributed by atoms with van der Waals surface area (Å²) in [7, 11) is 0. The highest BCUT2D eigenvalue weighted by Gasteiger charge is 2.46. The highest BCUT2D eigenvalue weighted by atomic mass is 19.3. The summed E-state index contributed by atoms with van der Waals surface area (Å²) in [5.41, 5.74) is 1.07. The Morgan fingerprint density at radius 3 is 2.32 bits per heavy atom. The number of benzene rings is 2. The zero-order valence-electron chi connectivity index (χ0n) is 23.9. The van der Waals surface area contributed by atoms with Crippen molar-refractivity contribution in [2.75, 3.05) is 6.54 Å². The molecule has 4 atom stereocenters. The van der Waals surface area contributed by atoms with Crippen LogP contribution in [0.15, 0.2) is 54.6 Å². The molecule has 1 fully saturated rings. The van der Waals surface area contributed by atoms with E-state index in [0.717, 1.165) is 5.56 Å². The molecule has 1 heterocycles. The summed E-state index contributed by atoms with van der Waals surface area (Å²) in [5.74, 6) is -5.58. The molecule has 41 heavy (non-hydrogen) atoms. The first-order chi connectivity index (χ1) is 19.4. The van der Waals surface area contributed by atoms with E-state index in [2.05, 4.69) is 16.0 Å². The number of halogens is 2. The Kier molecular flexibility index (Phi) is 11.0. The monoisotopic (exact) mass is 571 g/mol. The van der Waals surface area contributed by atoms with Crippen LogP contribution in [0.1, 0.15) is 52.5 Å². The Morgan fingerprint density at radius 1 is 1.05 bits per heavy atom. The summed E-state index contributed by atoms with van der Waals surface area (Å²) >= 11 is 0. The number of alkyl halides is 2. The first-order valence-electron chi connectivity index (χ1n) is 14.0. The standard InChI is InChI=1S/C31H39F2N3O5/c1-19(2)15-26(29(39)35-25(18-37)17-23-13-14-34-28(23)38)36-30(40)41-27(20(3)4)31(32,33)24-12-8-11-22(16-24)21-9-6-5-7-10-21/h5-12,16,18-20,23,25-27H,13-15,17H2,1-4H3,(H,34,38)(H,35,39)(H,36,40)/t23-,25-,26-,27-/m0/s1. The van der Waals surface area contributed by atoms with Gasteiger partial charge in [0.1, 0.15) is 12.3 Å². The first kappa shape index (κ1) is 31.7. The van der Waals surface area contributed by atoms with Gasteiger partial charge in [0.2, 0.25) is 11.8 Å². The van der Waals surface area contributed by atoms with Crippen LogP contribution in [0.2, 0.25) is 0 Å². The van der Waals surface area contributed by atoms with E-state index in [1.165, 1.54) is 32.0 Å². The Labute approximate surface area is 239 Å². The number of alkyl carbamates (subject to hydrolysis) is 1. The number of hydrogen-bond acceptors (Lipinski definition) is 5. The number of ether oxygens (including phenoxy) is 1. The van der Waals surface area contributed by atoms with E-state index in [1.807, 2.05) is 44.2 Å². The molecule has 0 saturated carbocycles. The molecule has 0 aromatic heterocycles. The van der Waals surface area contributed by atoms with Gasteiger partial charge in [-0.15, -0.1) is 0 Å². The van der Waals surface area contributed by atoms with Crippen LogP contribution in [0, 0.1) is 17.8 Å². The predicted octanol–water partition coefficient (Wildman–Crippen LogP) is 4.82. The lowest BCUT2D eigenvalue weighted by atomic mass is 9.92. The van der Waals surface area contributed by atoms with Crippen LogP contribution in [0.3, 0.4) is 0 Å². The van der Waals surface area contributed by atoms with Gasteiger partial charge in [0.15, 0.2) is 6.10 Å². The van der Waals surface area contributed by atoms with Crippen LogP contribution >= 0.6 is 0 Å². The van der Waals surface area contributed by atoms with Crippen LogP contribution in [0.4, 0.5) is 13.6 Å². The van der Waals surface area contributed by atoms with Gasteiger partial charge in [-0.2, -0.15) is 8.78 Å². The largest absolute Gasteiger partial charge is 0.439 e. The molecule has 1 saturated heterocycles. The molecule has 0 radical (unpaired) electrons. The van der Waals surface area contributed by atoms with Crippen molar-refractivity contribution in [1.82, 2.24) is 16.0 Å². The molecular formula is C31H39F2N3O5. The van der Waals surface area contributed by atoms with Gasteiger partial charge in [-0.25, -0.2) is 4.79 Å². The lowest BCUT2D eigenvalue weighted by molar-refractivity contribution is -0.136. The summed E-state index contributed by atoms with van der Waals surface area (Å²) < 4.78 is 36.9.